The van der Waals surface area contributed by atoms with Crippen molar-refractivity contribution in [2.24, 2.45) is 5.92 Å². The van der Waals surface area contributed by atoms with E-state index in [2.05, 4.69) is 5.32 Å². The molecule has 1 aromatic rings. The van der Waals surface area contributed by atoms with E-state index in [1.807, 2.05) is 31.2 Å². The fraction of sp³-hybridized carbons (Fsp3) is 0.625. The fourth-order valence-electron chi connectivity index (χ4n) is 2.60. The Morgan fingerprint density at radius 1 is 1.20 bits per heavy atom. The highest BCUT2D eigenvalue weighted by Gasteiger charge is 2.21. The first-order valence-electron chi connectivity index (χ1n) is 7.54. The molecular formula is C16H25NO3. The van der Waals surface area contributed by atoms with Crippen molar-refractivity contribution in [1.82, 2.24) is 5.32 Å². The van der Waals surface area contributed by atoms with Crippen LogP contribution in [0.3, 0.4) is 0 Å². The first kappa shape index (κ1) is 15.1. The van der Waals surface area contributed by atoms with Crippen molar-refractivity contribution in [1.29, 1.82) is 0 Å². The zero-order chi connectivity index (χ0) is 14.2. The molecule has 2 N–H and O–H groups in total. The number of piperidine rings is 1. The zero-order valence-corrected chi connectivity index (χ0v) is 12.2. The number of aliphatic hydroxyl groups is 1. The van der Waals surface area contributed by atoms with Gasteiger partial charge in [0.25, 0.3) is 0 Å². The fourth-order valence-corrected chi connectivity index (χ4v) is 2.60. The van der Waals surface area contributed by atoms with Gasteiger partial charge in [0, 0.05) is 6.42 Å². The largest absolute Gasteiger partial charge is 0.490 e. The van der Waals surface area contributed by atoms with Crippen molar-refractivity contribution in [3.8, 4) is 11.5 Å². The van der Waals surface area contributed by atoms with Crippen molar-refractivity contribution in [3.63, 3.8) is 0 Å². The molecule has 0 aromatic heterocycles. The molecule has 1 fully saturated rings. The van der Waals surface area contributed by atoms with Crippen LogP contribution in [0.25, 0.3) is 0 Å². The second-order valence-electron chi connectivity index (χ2n) is 5.17. The van der Waals surface area contributed by atoms with E-state index in [0.717, 1.165) is 37.4 Å². The average molecular weight is 279 g/mol. The lowest BCUT2D eigenvalue weighted by molar-refractivity contribution is 0.0669. The Kier molecular flexibility index (Phi) is 6.15. The van der Waals surface area contributed by atoms with Crippen LogP contribution in [0.5, 0.6) is 11.5 Å². The number of aliphatic hydroxyl groups excluding tert-OH is 1. The van der Waals surface area contributed by atoms with Gasteiger partial charge < -0.3 is 19.9 Å². The van der Waals surface area contributed by atoms with Crippen LogP contribution in [0, 0.1) is 5.92 Å². The highest BCUT2D eigenvalue weighted by Crippen LogP contribution is 2.27. The monoisotopic (exact) mass is 279 g/mol. The highest BCUT2D eigenvalue weighted by molar-refractivity contribution is 5.39. The highest BCUT2D eigenvalue weighted by atomic mass is 16.5. The predicted octanol–water partition coefficient (Wildman–Crippen LogP) is 2.21. The van der Waals surface area contributed by atoms with E-state index < -0.39 is 0 Å². The summed E-state index contributed by atoms with van der Waals surface area (Å²) >= 11 is 0. The third-order valence-electron chi connectivity index (χ3n) is 3.75. The van der Waals surface area contributed by atoms with Crippen LogP contribution in [0.1, 0.15) is 26.2 Å². The lowest BCUT2D eigenvalue weighted by Gasteiger charge is -2.27. The first-order chi connectivity index (χ1) is 9.81. The van der Waals surface area contributed by atoms with Crippen molar-refractivity contribution in [2.75, 3.05) is 26.3 Å². The van der Waals surface area contributed by atoms with Crippen LogP contribution in [-0.4, -0.2) is 37.5 Å². The molecule has 0 radical (unpaired) electrons. The molecule has 1 heterocycles. The van der Waals surface area contributed by atoms with E-state index >= 15 is 0 Å². The molecule has 0 bridgehead atoms. The number of para-hydroxylation sites is 2. The molecule has 0 aliphatic carbocycles. The SMILES string of the molecule is CCOc1ccccc1OCCC(O)C1CCNCC1. The van der Waals surface area contributed by atoms with E-state index in [-0.39, 0.29) is 6.10 Å². The summed E-state index contributed by atoms with van der Waals surface area (Å²) in [7, 11) is 0. The van der Waals surface area contributed by atoms with Gasteiger partial charge in [0.2, 0.25) is 0 Å². The first-order valence-corrected chi connectivity index (χ1v) is 7.54. The number of hydrogen-bond donors (Lipinski definition) is 2. The van der Waals surface area contributed by atoms with Crippen molar-refractivity contribution >= 4 is 0 Å². The molecule has 1 atom stereocenters. The molecule has 0 saturated carbocycles. The van der Waals surface area contributed by atoms with Gasteiger partial charge >= 0.3 is 0 Å². The Labute approximate surface area is 121 Å². The number of hydrogen-bond acceptors (Lipinski definition) is 4. The number of nitrogens with one attached hydrogen (secondary N) is 1. The molecule has 0 spiro atoms. The summed E-state index contributed by atoms with van der Waals surface area (Å²) < 4.78 is 11.3. The van der Waals surface area contributed by atoms with Gasteiger partial charge in [0.1, 0.15) is 0 Å². The molecule has 0 amide bonds. The van der Waals surface area contributed by atoms with E-state index in [9.17, 15) is 5.11 Å². The average Bonchev–Trinajstić information content (AvgIpc) is 2.50. The number of rotatable bonds is 7. The molecule has 2 rings (SSSR count). The topological polar surface area (TPSA) is 50.7 Å². The summed E-state index contributed by atoms with van der Waals surface area (Å²) in [5.41, 5.74) is 0. The molecule has 1 aliphatic heterocycles. The standard InChI is InChI=1S/C16H25NO3/c1-2-19-15-5-3-4-6-16(15)20-12-9-14(18)13-7-10-17-11-8-13/h3-6,13-14,17-18H,2,7-12H2,1H3. The van der Waals surface area contributed by atoms with Gasteiger partial charge in [-0.05, 0) is 50.9 Å². The summed E-state index contributed by atoms with van der Waals surface area (Å²) in [5.74, 6) is 1.93. The summed E-state index contributed by atoms with van der Waals surface area (Å²) in [6.07, 6.45) is 2.51. The summed E-state index contributed by atoms with van der Waals surface area (Å²) in [4.78, 5) is 0. The van der Waals surface area contributed by atoms with E-state index in [0.29, 0.717) is 25.6 Å². The van der Waals surface area contributed by atoms with Crippen LogP contribution >= 0.6 is 0 Å². The quantitative estimate of drug-likeness (QED) is 0.803. The van der Waals surface area contributed by atoms with Gasteiger partial charge in [-0.2, -0.15) is 0 Å². The van der Waals surface area contributed by atoms with Crippen LogP contribution in [0.15, 0.2) is 24.3 Å². The Bertz CT molecular complexity index is 391. The summed E-state index contributed by atoms with van der Waals surface area (Å²) in [6, 6.07) is 7.67. The summed E-state index contributed by atoms with van der Waals surface area (Å²) in [6.45, 7) is 5.12. The third-order valence-corrected chi connectivity index (χ3v) is 3.75. The molecule has 1 saturated heterocycles. The van der Waals surface area contributed by atoms with Gasteiger partial charge in [-0.1, -0.05) is 12.1 Å². The smallest absolute Gasteiger partial charge is 0.161 e. The minimum Gasteiger partial charge on any atom is -0.490 e. The molecule has 20 heavy (non-hydrogen) atoms. The maximum atomic E-state index is 10.2. The van der Waals surface area contributed by atoms with Crippen LogP contribution in [0.2, 0.25) is 0 Å². The Hall–Kier alpha value is -1.26. The molecule has 1 aliphatic rings. The molecule has 1 unspecified atom stereocenters. The lowest BCUT2D eigenvalue weighted by atomic mass is 9.91. The van der Waals surface area contributed by atoms with Crippen molar-refractivity contribution in [2.45, 2.75) is 32.3 Å². The summed E-state index contributed by atoms with van der Waals surface area (Å²) in [5, 5.41) is 13.5. The van der Waals surface area contributed by atoms with Gasteiger partial charge in [-0.15, -0.1) is 0 Å². The second-order valence-corrected chi connectivity index (χ2v) is 5.17. The maximum Gasteiger partial charge on any atom is 0.161 e. The van der Waals surface area contributed by atoms with Gasteiger partial charge in [-0.3, -0.25) is 0 Å². The second kappa shape index (κ2) is 8.12. The van der Waals surface area contributed by atoms with Gasteiger partial charge in [-0.25, -0.2) is 0 Å². The number of benzene rings is 1. The van der Waals surface area contributed by atoms with Crippen LogP contribution in [-0.2, 0) is 0 Å². The predicted molar refractivity (Wildman–Crippen MR) is 79.3 cm³/mol. The van der Waals surface area contributed by atoms with E-state index in [4.69, 9.17) is 9.47 Å². The third kappa shape index (κ3) is 4.39. The van der Waals surface area contributed by atoms with E-state index in [1.165, 1.54) is 0 Å². The van der Waals surface area contributed by atoms with Crippen LogP contribution < -0.4 is 14.8 Å². The maximum absolute atomic E-state index is 10.2. The normalized spacial score (nSPS) is 17.7. The molecule has 112 valence electrons. The van der Waals surface area contributed by atoms with Crippen molar-refractivity contribution < 1.29 is 14.6 Å². The molecule has 4 heteroatoms. The number of ether oxygens (including phenoxy) is 2. The molecular weight excluding hydrogens is 254 g/mol. The van der Waals surface area contributed by atoms with Gasteiger partial charge in [0.05, 0.1) is 19.3 Å². The van der Waals surface area contributed by atoms with Crippen molar-refractivity contribution in [3.05, 3.63) is 24.3 Å². The zero-order valence-electron chi connectivity index (χ0n) is 12.2. The Balaban J connectivity index is 1.77. The molecule has 1 aromatic carbocycles. The van der Waals surface area contributed by atoms with Crippen LogP contribution in [0.4, 0.5) is 0 Å². The Morgan fingerprint density at radius 2 is 1.85 bits per heavy atom. The Morgan fingerprint density at radius 3 is 2.50 bits per heavy atom. The van der Waals surface area contributed by atoms with Gasteiger partial charge in [0.15, 0.2) is 11.5 Å². The minimum atomic E-state index is -0.267. The molecule has 4 nitrogen and oxygen atoms in total. The van der Waals surface area contributed by atoms with E-state index in [1.54, 1.807) is 0 Å². The lowest BCUT2D eigenvalue weighted by Crippen LogP contribution is -2.34. The minimum absolute atomic E-state index is 0.267.